The van der Waals surface area contributed by atoms with Crippen LogP contribution in [0.3, 0.4) is 0 Å². The number of anilines is 2. The van der Waals surface area contributed by atoms with Crippen molar-refractivity contribution in [2.24, 2.45) is 0 Å². The van der Waals surface area contributed by atoms with Crippen LogP contribution in [-0.4, -0.2) is 13.4 Å². The topological polar surface area (TPSA) is 85.1 Å². The van der Waals surface area contributed by atoms with E-state index in [4.69, 9.17) is 5.73 Å². The van der Waals surface area contributed by atoms with Crippen LogP contribution in [0.2, 0.25) is 0 Å². The van der Waals surface area contributed by atoms with E-state index in [-0.39, 0.29) is 16.4 Å². The van der Waals surface area contributed by atoms with Crippen LogP contribution >= 0.6 is 0 Å². The molecular weight excluding hydrogens is 307 g/mol. The largest absolute Gasteiger partial charge is 0.416 e. The molecule has 0 saturated carbocycles. The maximum Gasteiger partial charge on any atom is 0.416 e. The third-order valence-electron chi connectivity index (χ3n) is 2.50. The summed E-state index contributed by atoms with van der Waals surface area (Å²) >= 11 is 0. The number of nitrogens with zero attached hydrogens (tertiary/aromatic N) is 1. The van der Waals surface area contributed by atoms with Crippen LogP contribution in [0.25, 0.3) is 0 Å². The van der Waals surface area contributed by atoms with E-state index < -0.39 is 21.8 Å². The number of hydrogen-bond donors (Lipinski definition) is 2. The van der Waals surface area contributed by atoms with Crippen molar-refractivity contribution in [3.63, 3.8) is 0 Å². The minimum Gasteiger partial charge on any atom is -0.384 e. The highest BCUT2D eigenvalue weighted by Gasteiger charge is 2.30. The molecule has 0 saturated heterocycles. The first-order valence-corrected chi connectivity index (χ1v) is 7.08. The van der Waals surface area contributed by atoms with Gasteiger partial charge in [-0.25, -0.2) is 13.4 Å². The fraction of sp³-hybridized carbons (Fsp3) is 0.0833. The van der Waals surface area contributed by atoms with E-state index in [9.17, 15) is 21.6 Å². The number of sulfonamides is 1. The second-order valence-corrected chi connectivity index (χ2v) is 5.78. The maximum atomic E-state index is 12.6. The van der Waals surface area contributed by atoms with E-state index in [0.29, 0.717) is 6.07 Å². The van der Waals surface area contributed by atoms with Crippen LogP contribution < -0.4 is 10.5 Å². The maximum absolute atomic E-state index is 12.6. The predicted octanol–water partition coefficient (Wildman–Crippen LogP) is 2.48. The van der Waals surface area contributed by atoms with Crippen molar-refractivity contribution in [2.45, 2.75) is 11.1 Å². The van der Waals surface area contributed by atoms with Crippen LogP contribution in [0, 0.1) is 0 Å². The Kier molecular flexibility index (Phi) is 3.77. The number of nitrogens with two attached hydrogens (primary N) is 1. The minimum absolute atomic E-state index is 0.0121. The van der Waals surface area contributed by atoms with Gasteiger partial charge in [-0.3, -0.25) is 4.72 Å². The lowest BCUT2D eigenvalue weighted by molar-refractivity contribution is -0.137. The van der Waals surface area contributed by atoms with Crippen molar-refractivity contribution >= 4 is 21.5 Å². The molecule has 112 valence electrons. The molecule has 0 fully saturated rings. The molecule has 2 aromatic rings. The summed E-state index contributed by atoms with van der Waals surface area (Å²) in [4.78, 5) is 3.46. The van der Waals surface area contributed by atoms with Gasteiger partial charge >= 0.3 is 6.18 Å². The summed E-state index contributed by atoms with van der Waals surface area (Å²) in [6, 6.07) is 6.19. The third kappa shape index (κ3) is 3.63. The van der Waals surface area contributed by atoms with E-state index in [0.717, 1.165) is 18.2 Å². The van der Waals surface area contributed by atoms with E-state index in [2.05, 4.69) is 9.71 Å². The molecule has 9 heteroatoms. The van der Waals surface area contributed by atoms with Gasteiger partial charge in [-0.1, -0.05) is 6.07 Å². The number of alkyl halides is 3. The number of benzene rings is 1. The molecule has 1 aromatic carbocycles. The summed E-state index contributed by atoms with van der Waals surface area (Å²) in [5, 5.41) is 0. The van der Waals surface area contributed by atoms with E-state index in [1.165, 1.54) is 18.3 Å². The number of halogens is 3. The first kappa shape index (κ1) is 15.1. The van der Waals surface area contributed by atoms with Crippen LogP contribution in [-0.2, 0) is 16.2 Å². The fourth-order valence-corrected chi connectivity index (χ4v) is 2.64. The molecule has 0 aliphatic heterocycles. The quantitative estimate of drug-likeness (QED) is 0.911. The third-order valence-corrected chi connectivity index (χ3v) is 3.88. The molecule has 0 radical (unpaired) electrons. The van der Waals surface area contributed by atoms with Crippen LogP contribution in [0.15, 0.2) is 47.5 Å². The molecule has 2 rings (SSSR count). The van der Waals surface area contributed by atoms with Crippen LogP contribution in [0.5, 0.6) is 0 Å². The summed E-state index contributed by atoms with van der Waals surface area (Å²) in [5.41, 5.74) is 4.24. The molecule has 0 aliphatic carbocycles. The Morgan fingerprint density at radius 1 is 1.14 bits per heavy atom. The first-order chi connectivity index (χ1) is 9.68. The van der Waals surface area contributed by atoms with Crippen molar-refractivity contribution in [2.75, 3.05) is 10.5 Å². The van der Waals surface area contributed by atoms with Crippen molar-refractivity contribution in [3.8, 4) is 0 Å². The summed E-state index contributed by atoms with van der Waals surface area (Å²) < 4.78 is 63.9. The monoisotopic (exact) mass is 317 g/mol. The molecule has 0 spiro atoms. The molecule has 0 bridgehead atoms. The van der Waals surface area contributed by atoms with Gasteiger partial charge in [0.05, 0.1) is 10.5 Å². The molecular formula is C12H10F3N3O2S. The van der Waals surface area contributed by atoms with Crippen molar-refractivity contribution in [3.05, 3.63) is 48.2 Å². The van der Waals surface area contributed by atoms with Crippen LogP contribution in [0.4, 0.5) is 24.7 Å². The number of nitrogens with one attached hydrogen (secondary N) is 1. The van der Waals surface area contributed by atoms with Gasteiger partial charge in [-0.05, 0) is 24.3 Å². The van der Waals surface area contributed by atoms with Gasteiger partial charge in [0.15, 0.2) is 0 Å². The predicted molar refractivity (Wildman–Crippen MR) is 70.9 cm³/mol. The lowest BCUT2D eigenvalue weighted by atomic mass is 10.2. The zero-order chi connectivity index (χ0) is 15.7. The molecule has 5 nitrogen and oxygen atoms in total. The molecule has 0 amide bonds. The Hall–Kier alpha value is -2.29. The number of aromatic nitrogens is 1. The lowest BCUT2D eigenvalue weighted by Crippen LogP contribution is -2.14. The highest BCUT2D eigenvalue weighted by molar-refractivity contribution is 7.92. The lowest BCUT2D eigenvalue weighted by Gasteiger charge is -2.11. The molecule has 0 atom stereocenters. The fourth-order valence-electron chi connectivity index (χ4n) is 1.57. The van der Waals surface area contributed by atoms with Crippen molar-refractivity contribution in [1.29, 1.82) is 0 Å². The Morgan fingerprint density at radius 2 is 1.86 bits per heavy atom. The highest BCUT2D eigenvalue weighted by atomic mass is 32.2. The number of pyridine rings is 1. The average Bonchev–Trinajstić information content (AvgIpc) is 2.37. The van der Waals surface area contributed by atoms with Gasteiger partial charge in [0.2, 0.25) is 0 Å². The van der Waals surface area contributed by atoms with Gasteiger partial charge in [0, 0.05) is 18.0 Å². The van der Waals surface area contributed by atoms with Gasteiger partial charge in [0.1, 0.15) is 5.82 Å². The SMILES string of the molecule is Nc1cc(S(=O)(=O)Nc2cccc(C(F)(F)F)c2)ccn1. The zero-order valence-corrected chi connectivity index (χ0v) is 11.2. The molecule has 0 aliphatic rings. The Bertz CT molecular complexity index is 760. The number of nitrogen functional groups attached to an aromatic ring is 1. The summed E-state index contributed by atoms with van der Waals surface area (Å²) in [5.74, 6) is -0.0121. The standard InChI is InChI=1S/C12H10F3N3O2S/c13-12(14,15)8-2-1-3-9(6-8)18-21(19,20)10-4-5-17-11(16)7-10/h1-7,18H,(H2,16,17). The number of rotatable bonds is 3. The van der Waals surface area contributed by atoms with Gasteiger partial charge in [0.25, 0.3) is 10.0 Å². The smallest absolute Gasteiger partial charge is 0.384 e. The van der Waals surface area contributed by atoms with Crippen molar-refractivity contribution < 1.29 is 21.6 Å². The van der Waals surface area contributed by atoms with Gasteiger partial charge in [-0.15, -0.1) is 0 Å². The first-order valence-electron chi connectivity index (χ1n) is 5.60. The molecule has 1 heterocycles. The van der Waals surface area contributed by atoms with Gasteiger partial charge < -0.3 is 5.73 Å². The van der Waals surface area contributed by atoms with Crippen LogP contribution in [0.1, 0.15) is 5.56 Å². The zero-order valence-electron chi connectivity index (χ0n) is 10.4. The second-order valence-electron chi connectivity index (χ2n) is 4.10. The molecule has 3 N–H and O–H groups in total. The second kappa shape index (κ2) is 5.24. The Morgan fingerprint density at radius 3 is 2.48 bits per heavy atom. The normalized spacial score (nSPS) is 12.1. The molecule has 21 heavy (non-hydrogen) atoms. The minimum atomic E-state index is -4.55. The van der Waals surface area contributed by atoms with E-state index in [1.54, 1.807) is 0 Å². The van der Waals surface area contributed by atoms with E-state index in [1.807, 2.05) is 0 Å². The summed E-state index contributed by atoms with van der Waals surface area (Å²) in [7, 11) is -4.04. The average molecular weight is 317 g/mol. The van der Waals surface area contributed by atoms with Crippen molar-refractivity contribution in [1.82, 2.24) is 4.98 Å². The highest BCUT2D eigenvalue weighted by Crippen LogP contribution is 2.31. The van der Waals surface area contributed by atoms with Gasteiger partial charge in [-0.2, -0.15) is 13.2 Å². The summed E-state index contributed by atoms with van der Waals surface area (Å²) in [6.45, 7) is 0. The van der Waals surface area contributed by atoms with E-state index >= 15 is 0 Å². The Balaban J connectivity index is 2.33. The Labute approximate surface area is 118 Å². The molecule has 0 unspecified atom stereocenters. The summed E-state index contributed by atoms with van der Waals surface area (Å²) in [6.07, 6.45) is -3.36. The molecule has 1 aromatic heterocycles. The number of hydrogen-bond acceptors (Lipinski definition) is 4.